The number of ether oxygens (including phenoxy) is 1. The van der Waals surface area contributed by atoms with E-state index in [0.717, 1.165) is 5.56 Å². The van der Waals surface area contributed by atoms with Crippen LogP contribution in [0.25, 0.3) is 0 Å². The molecule has 2 aromatic carbocycles. The molecule has 33 heavy (non-hydrogen) atoms. The number of carbonyl (C=O) groups is 1. The number of rotatable bonds is 6. The lowest BCUT2D eigenvalue weighted by molar-refractivity contribution is -0.274. The van der Waals surface area contributed by atoms with E-state index >= 15 is 0 Å². The molecule has 1 amide bonds. The molecule has 1 N–H and O–H groups in total. The first-order valence-corrected chi connectivity index (χ1v) is 10.2. The first-order valence-electron chi connectivity index (χ1n) is 10.2. The topological polar surface area (TPSA) is 85.2 Å². The number of H-pyrrole nitrogens is 1. The minimum absolute atomic E-state index is 0.0754. The number of alkyl halides is 3. The molecule has 1 unspecified atom stereocenters. The van der Waals surface area contributed by atoms with E-state index in [2.05, 4.69) is 20.8 Å². The Morgan fingerprint density at radius 3 is 2.61 bits per heavy atom. The van der Waals surface area contributed by atoms with E-state index in [-0.39, 0.29) is 24.2 Å². The molecule has 0 aliphatic carbocycles. The van der Waals surface area contributed by atoms with Gasteiger partial charge >= 0.3 is 6.36 Å². The molecule has 1 fully saturated rings. The summed E-state index contributed by atoms with van der Waals surface area (Å²) in [4.78, 5) is 23.9. The Hall–Kier alpha value is -3.84. The van der Waals surface area contributed by atoms with Crippen LogP contribution in [0.1, 0.15) is 23.0 Å². The van der Waals surface area contributed by atoms with E-state index < -0.39 is 6.36 Å². The van der Waals surface area contributed by atoms with Crippen LogP contribution in [0.15, 0.2) is 60.9 Å². The van der Waals surface area contributed by atoms with Crippen molar-refractivity contribution in [2.45, 2.75) is 18.8 Å². The monoisotopic (exact) mass is 455 g/mol. The highest BCUT2D eigenvalue weighted by Crippen LogP contribution is 2.30. The number of anilines is 1. The Labute approximate surface area is 188 Å². The Balaban J connectivity index is 1.50. The molecule has 7 nitrogen and oxygen atoms in total. The van der Waals surface area contributed by atoms with E-state index in [1.807, 2.05) is 17.0 Å². The number of piperazine rings is 1. The lowest BCUT2D eigenvalue weighted by Crippen LogP contribution is -2.52. The summed E-state index contributed by atoms with van der Waals surface area (Å²) < 4.78 is 41.6. The second-order valence-corrected chi connectivity index (χ2v) is 7.56. The van der Waals surface area contributed by atoms with Gasteiger partial charge in [-0.2, -0.15) is 5.26 Å². The quantitative estimate of drug-likeness (QED) is 0.611. The van der Waals surface area contributed by atoms with Crippen LogP contribution in [0, 0.1) is 11.3 Å². The minimum Gasteiger partial charge on any atom is -0.406 e. The smallest absolute Gasteiger partial charge is 0.406 e. The van der Waals surface area contributed by atoms with E-state index in [9.17, 15) is 18.0 Å². The third-order valence-corrected chi connectivity index (χ3v) is 5.40. The second-order valence-electron chi connectivity index (χ2n) is 7.56. The minimum atomic E-state index is -4.80. The van der Waals surface area contributed by atoms with Crippen LogP contribution >= 0.6 is 0 Å². The van der Waals surface area contributed by atoms with Gasteiger partial charge in [-0.05, 0) is 36.2 Å². The van der Waals surface area contributed by atoms with Crippen LogP contribution in [0.2, 0.25) is 0 Å². The number of hydrogen-bond acceptors (Lipinski definition) is 5. The summed E-state index contributed by atoms with van der Waals surface area (Å²) >= 11 is 0. The predicted octanol–water partition coefficient (Wildman–Crippen LogP) is 3.81. The lowest BCUT2D eigenvalue weighted by Gasteiger charge is -2.38. The average Bonchev–Trinajstić information content (AvgIpc) is 3.31. The zero-order chi connectivity index (χ0) is 23.4. The molecule has 1 aliphatic rings. The molecule has 3 aromatic rings. The number of halogens is 3. The first kappa shape index (κ1) is 22.4. The fourth-order valence-corrected chi connectivity index (χ4v) is 3.88. The third kappa shape index (κ3) is 5.51. The summed E-state index contributed by atoms with van der Waals surface area (Å²) in [5.74, 6) is 0.104. The molecule has 0 bridgehead atoms. The number of imidazole rings is 1. The molecule has 0 saturated carbocycles. The largest absolute Gasteiger partial charge is 0.573 e. The van der Waals surface area contributed by atoms with Gasteiger partial charge in [0.25, 0.3) is 0 Å². The predicted molar refractivity (Wildman–Crippen MR) is 113 cm³/mol. The standard InChI is InChI=1S/C23H20F3N5O2/c24-23(25,26)33-19-3-1-2-18(13-19)31-11-10-30(15-21(31)32)20(22-28-8-9-29-22)12-16-4-6-17(14-27)7-5-16/h1-9,13,20H,10-12,15H2,(H,28,29). The molecular weight excluding hydrogens is 435 g/mol. The Morgan fingerprint density at radius 1 is 1.18 bits per heavy atom. The number of hydrogen-bond donors (Lipinski definition) is 1. The van der Waals surface area contributed by atoms with Crippen LogP contribution < -0.4 is 9.64 Å². The van der Waals surface area contributed by atoms with Crippen LogP contribution in [0.3, 0.4) is 0 Å². The fraction of sp³-hybridized carbons (Fsp3) is 0.261. The number of carbonyl (C=O) groups excluding carboxylic acids is 1. The van der Waals surface area contributed by atoms with Crippen molar-refractivity contribution in [3.63, 3.8) is 0 Å². The van der Waals surface area contributed by atoms with E-state index in [1.54, 1.807) is 30.6 Å². The van der Waals surface area contributed by atoms with Gasteiger partial charge in [0.2, 0.25) is 5.91 Å². The van der Waals surface area contributed by atoms with Crippen molar-refractivity contribution >= 4 is 11.6 Å². The molecule has 10 heteroatoms. The van der Waals surface area contributed by atoms with Gasteiger partial charge in [-0.1, -0.05) is 18.2 Å². The summed E-state index contributed by atoms with van der Waals surface area (Å²) in [5.41, 5.74) is 1.90. The van der Waals surface area contributed by atoms with Gasteiger partial charge in [0.1, 0.15) is 11.6 Å². The van der Waals surface area contributed by atoms with Gasteiger partial charge in [-0.15, -0.1) is 13.2 Å². The Bertz CT molecular complexity index is 1140. The number of benzene rings is 2. The highest BCUT2D eigenvalue weighted by Gasteiger charge is 2.33. The normalized spacial score (nSPS) is 15.8. The van der Waals surface area contributed by atoms with Gasteiger partial charge in [-0.3, -0.25) is 9.69 Å². The molecule has 0 radical (unpaired) electrons. The van der Waals surface area contributed by atoms with Crippen molar-refractivity contribution in [1.29, 1.82) is 5.26 Å². The summed E-state index contributed by atoms with van der Waals surface area (Å²) in [6.07, 6.45) is -0.874. The summed E-state index contributed by atoms with van der Waals surface area (Å²) in [6, 6.07) is 14.5. The van der Waals surface area contributed by atoms with Crippen molar-refractivity contribution in [2.24, 2.45) is 0 Å². The van der Waals surface area contributed by atoms with Gasteiger partial charge in [-0.25, -0.2) is 4.98 Å². The summed E-state index contributed by atoms with van der Waals surface area (Å²) in [5, 5.41) is 9.01. The summed E-state index contributed by atoms with van der Waals surface area (Å²) in [6.45, 7) is 0.878. The number of nitriles is 1. The number of nitrogens with zero attached hydrogens (tertiary/aromatic N) is 4. The maximum absolute atomic E-state index is 13.0. The van der Waals surface area contributed by atoms with Gasteiger partial charge < -0.3 is 14.6 Å². The molecule has 1 aliphatic heterocycles. The zero-order valence-electron chi connectivity index (χ0n) is 17.4. The SMILES string of the molecule is N#Cc1ccc(CC(c2ncc[nH]2)N2CCN(c3cccc(OC(F)(F)F)c3)C(=O)C2)cc1. The molecule has 4 rings (SSSR count). The van der Waals surface area contributed by atoms with Gasteiger partial charge in [0.05, 0.1) is 24.2 Å². The number of amides is 1. The first-order chi connectivity index (χ1) is 15.8. The summed E-state index contributed by atoms with van der Waals surface area (Å²) in [7, 11) is 0. The van der Waals surface area contributed by atoms with E-state index in [1.165, 1.54) is 23.1 Å². The van der Waals surface area contributed by atoms with E-state index in [0.29, 0.717) is 36.6 Å². The Kier molecular flexibility index (Phi) is 6.33. The highest BCUT2D eigenvalue weighted by molar-refractivity contribution is 5.95. The van der Waals surface area contributed by atoms with Crippen molar-refractivity contribution in [2.75, 3.05) is 24.5 Å². The van der Waals surface area contributed by atoms with E-state index in [4.69, 9.17) is 5.26 Å². The molecule has 1 saturated heterocycles. The molecule has 1 aromatic heterocycles. The number of aromatic nitrogens is 2. The van der Waals surface area contributed by atoms with Gasteiger partial charge in [0, 0.05) is 37.2 Å². The Morgan fingerprint density at radius 2 is 1.97 bits per heavy atom. The lowest BCUT2D eigenvalue weighted by atomic mass is 10.0. The van der Waals surface area contributed by atoms with Crippen LogP contribution in [-0.2, 0) is 11.2 Å². The van der Waals surface area contributed by atoms with Crippen molar-refractivity contribution in [3.05, 3.63) is 77.9 Å². The van der Waals surface area contributed by atoms with Crippen LogP contribution in [0.4, 0.5) is 18.9 Å². The molecule has 170 valence electrons. The maximum atomic E-state index is 13.0. The van der Waals surface area contributed by atoms with Gasteiger partial charge in [0.15, 0.2) is 0 Å². The molecule has 0 spiro atoms. The molecule has 2 heterocycles. The molecular formula is C23H20F3N5O2. The van der Waals surface area contributed by atoms with Crippen LogP contribution in [-0.4, -0.2) is 46.8 Å². The molecule has 1 atom stereocenters. The average molecular weight is 455 g/mol. The fourth-order valence-electron chi connectivity index (χ4n) is 3.88. The third-order valence-electron chi connectivity index (χ3n) is 5.40. The highest BCUT2D eigenvalue weighted by atomic mass is 19.4. The maximum Gasteiger partial charge on any atom is 0.573 e. The zero-order valence-corrected chi connectivity index (χ0v) is 17.4. The van der Waals surface area contributed by atoms with Crippen molar-refractivity contribution in [3.8, 4) is 11.8 Å². The second kappa shape index (κ2) is 9.34. The van der Waals surface area contributed by atoms with Crippen molar-refractivity contribution < 1.29 is 22.7 Å². The number of aromatic amines is 1. The van der Waals surface area contributed by atoms with Crippen LogP contribution in [0.5, 0.6) is 5.75 Å². The van der Waals surface area contributed by atoms with Crippen molar-refractivity contribution in [1.82, 2.24) is 14.9 Å². The number of nitrogens with one attached hydrogen (secondary N) is 1.